The first kappa shape index (κ1) is 11.9. The fourth-order valence-corrected chi connectivity index (χ4v) is 0.993. The predicted octanol–water partition coefficient (Wildman–Crippen LogP) is 1.30. The molecule has 0 aliphatic carbocycles. The smallest absolute Gasteiger partial charge is 0.250 e. The third-order valence-corrected chi connectivity index (χ3v) is 1.79. The van der Waals surface area contributed by atoms with Crippen molar-refractivity contribution in [1.29, 1.82) is 0 Å². The zero-order valence-corrected chi connectivity index (χ0v) is 8.74. The van der Waals surface area contributed by atoms with Crippen LogP contribution in [0.3, 0.4) is 0 Å². The summed E-state index contributed by atoms with van der Waals surface area (Å²) in [6.45, 7) is 2.14. The minimum Gasteiger partial charge on any atom is -0.473 e. The molecule has 15 heavy (non-hydrogen) atoms. The molecule has 0 fully saturated rings. The largest absolute Gasteiger partial charge is 0.473 e. The van der Waals surface area contributed by atoms with Crippen LogP contribution >= 0.6 is 0 Å². The molecule has 1 aromatic rings. The molecule has 0 aliphatic rings. The van der Waals surface area contributed by atoms with Gasteiger partial charge in [0.05, 0.1) is 18.4 Å². The molecule has 0 amide bonds. The van der Waals surface area contributed by atoms with Crippen LogP contribution in [0.25, 0.3) is 0 Å². The third-order valence-electron chi connectivity index (χ3n) is 1.79. The molecule has 0 spiro atoms. The van der Waals surface area contributed by atoms with Gasteiger partial charge in [-0.3, -0.25) is 0 Å². The average molecular weight is 215 g/mol. The second-order valence-electron chi connectivity index (χ2n) is 3.04. The van der Waals surface area contributed by atoms with E-state index in [0.29, 0.717) is 12.3 Å². The molecular formula is C10H14FNO3. The number of aliphatic hydroxyl groups excluding tert-OH is 1. The Bertz CT molecular complexity index is 318. The van der Waals surface area contributed by atoms with Gasteiger partial charge in [-0.05, 0) is 19.1 Å². The highest BCUT2D eigenvalue weighted by atomic mass is 19.1. The summed E-state index contributed by atoms with van der Waals surface area (Å²) in [4.78, 5) is 3.84. The Morgan fingerprint density at radius 2 is 2.20 bits per heavy atom. The SMILES string of the molecule is COCCOc1nc(C(C)O)ccc1F. The highest BCUT2D eigenvalue weighted by Gasteiger charge is 2.09. The molecule has 84 valence electrons. The van der Waals surface area contributed by atoms with Gasteiger partial charge in [-0.25, -0.2) is 9.37 Å². The van der Waals surface area contributed by atoms with Crippen LogP contribution in [0.15, 0.2) is 12.1 Å². The van der Waals surface area contributed by atoms with E-state index in [1.54, 1.807) is 6.92 Å². The minimum absolute atomic E-state index is 0.106. The van der Waals surface area contributed by atoms with Crippen LogP contribution in [0.5, 0.6) is 5.88 Å². The Hall–Kier alpha value is -1.20. The van der Waals surface area contributed by atoms with Crippen LogP contribution in [0.1, 0.15) is 18.7 Å². The van der Waals surface area contributed by atoms with Crippen molar-refractivity contribution in [3.63, 3.8) is 0 Å². The second kappa shape index (κ2) is 5.63. The lowest BCUT2D eigenvalue weighted by molar-refractivity contribution is 0.139. The number of pyridine rings is 1. The number of halogens is 1. The van der Waals surface area contributed by atoms with Gasteiger partial charge in [0.2, 0.25) is 0 Å². The normalized spacial score (nSPS) is 12.5. The van der Waals surface area contributed by atoms with Gasteiger partial charge in [0.25, 0.3) is 5.88 Å². The van der Waals surface area contributed by atoms with Gasteiger partial charge in [0.1, 0.15) is 6.61 Å². The van der Waals surface area contributed by atoms with Crippen molar-refractivity contribution < 1.29 is 19.0 Å². The quantitative estimate of drug-likeness (QED) is 0.752. The Balaban J connectivity index is 2.72. The minimum atomic E-state index is -0.740. The lowest BCUT2D eigenvalue weighted by atomic mass is 10.2. The highest BCUT2D eigenvalue weighted by molar-refractivity contribution is 5.19. The number of hydrogen-bond acceptors (Lipinski definition) is 4. The van der Waals surface area contributed by atoms with Gasteiger partial charge < -0.3 is 14.6 Å². The van der Waals surface area contributed by atoms with Crippen LogP contribution in [-0.4, -0.2) is 30.4 Å². The van der Waals surface area contributed by atoms with E-state index < -0.39 is 11.9 Å². The Labute approximate surface area is 87.7 Å². The zero-order valence-electron chi connectivity index (χ0n) is 8.74. The van der Waals surface area contributed by atoms with E-state index in [0.717, 1.165) is 0 Å². The van der Waals surface area contributed by atoms with Crippen LogP contribution in [0.2, 0.25) is 0 Å². The fraction of sp³-hybridized carbons (Fsp3) is 0.500. The molecule has 5 heteroatoms. The zero-order chi connectivity index (χ0) is 11.3. The summed E-state index contributed by atoms with van der Waals surface area (Å²) < 4.78 is 23.0. The first-order valence-electron chi connectivity index (χ1n) is 4.61. The van der Waals surface area contributed by atoms with E-state index in [1.165, 1.54) is 19.2 Å². The van der Waals surface area contributed by atoms with Crippen LogP contribution in [0.4, 0.5) is 4.39 Å². The second-order valence-corrected chi connectivity index (χ2v) is 3.04. The van der Waals surface area contributed by atoms with Gasteiger partial charge in [0.15, 0.2) is 5.82 Å². The molecule has 1 unspecified atom stereocenters. The van der Waals surface area contributed by atoms with E-state index in [9.17, 15) is 9.50 Å². The van der Waals surface area contributed by atoms with E-state index in [2.05, 4.69) is 4.98 Å². The molecule has 1 aromatic heterocycles. The summed E-state index contributed by atoms with van der Waals surface area (Å²) in [6, 6.07) is 2.64. The van der Waals surface area contributed by atoms with Gasteiger partial charge in [0, 0.05) is 7.11 Å². The Kier molecular flexibility index (Phi) is 4.45. The van der Waals surface area contributed by atoms with Gasteiger partial charge in [-0.2, -0.15) is 0 Å². The molecule has 0 saturated carbocycles. The van der Waals surface area contributed by atoms with E-state index in [4.69, 9.17) is 9.47 Å². The molecule has 0 radical (unpaired) electrons. The fourth-order valence-electron chi connectivity index (χ4n) is 0.993. The Morgan fingerprint density at radius 1 is 1.47 bits per heavy atom. The maximum Gasteiger partial charge on any atom is 0.250 e. The summed E-state index contributed by atoms with van der Waals surface area (Å²) in [6.07, 6.45) is -0.740. The number of hydrogen-bond donors (Lipinski definition) is 1. The first-order chi connectivity index (χ1) is 7.15. The maximum absolute atomic E-state index is 13.2. The van der Waals surface area contributed by atoms with E-state index >= 15 is 0 Å². The van der Waals surface area contributed by atoms with Gasteiger partial charge in [-0.1, -0.05) is 0 Å². The molecule has 1 N–H and O–H groups in total. The number of methoxy groups -OCH3 is 1. The third kappa shape index (κ3) is 3.45. The number of nitrogens with zero attached hydrogens (tertiary/aromatic N) is 1. The number of aromatic nitrogens is 1. The van der Waals surface area contributed by atoms with Crippen molar-refractivity contribution in [1.82, 2.24) is 4.98 Å². The van der Waals surface area contributed by atoms with Crippen molar-refractivity contribution in [2.24, 2.45) is 0 Å². The van der Waals surface area contributed by atoms with Crippen molar-refractivity contribution in [2.75, 3.05) is 20.3 Å². The van der Waals surface area contributed by atoms with Gasteiger partial charge in [-0.15, -0.1) is 0 Å². The van der Waals surface area contributed by atoms with Gasteiger partial charge >= 0.3 is 0 Å². The van der Waals surface area contributed by atoms with Crippen molar-refractivity contribution in [3.8, 4) is 5.88 Å². The number of ether oxygens (including phenoxy) is 2. The van der Waals surface area contributed by atoms with Crippen molar-refractivity contribution >= 4 is 0 Å². The van der Waals surface area contributed by atoms with E-state index in [-0.39, 0.29) is 12.5 Å². The molecule has 4 nitrogen and oxygen atoms in total. The standard InChI is InChI=1S/C10H14FNO3/c1-7(13)9-4-3-8(11)10(12-9)15-6-5-14-2/h3-4,7,13H,5-6H2,1-2H3. The topological polar surface area (TPSA) is 51.6 Å². The monoisotopic (exact) mass is 215 g/mol. The Morgan fingerprint density at radius 3 is 2.80 bits per heavy atom. The molecular weight excluding hydrogens is 201 g/mol. The van der Waals surface area contributed by atoms with Crippen molar-refractivity contribution in [3.05, 3.63) is 23.6 Å². The van der Waals surface area contributed by atoms with E-state index in [1.807, 2.05) is 0 Å². The molecule has 0 bridgehead atoms. The number of aliphatic hydroxyl groups is 1. The molecule has 0 aliphatic heterocycles. The summed E-state index contributed by atoms with van der Waals surface area (Å²) in [5.74, 6) is -0.652. The first-order valence-corrected chi connectivity index (χ1v) is 4.61. The molecule has 0 aromatic carbocycles. The molecule has 1 rings (SSSR count). The maximum atomic E-state index is 13.2. The lowest BCUT2D eigenvalue weighted by Crippen LogP contribution is -2.08. The summed E-state index contributed by atoms with van der Waals surface area (Å²) in [5.41, 5.74) is 0.379. The summed E-state index contributed by atoms with van der Waals surface area (Å²) in [7, 11) is 1.53. The van der Waals surface area contributed by atoms with Crippen molar-refractivity contribution in [2.45, 2.75) is 13.0 Å². The lowest BCUT2D eigenvalue weighted by Gasteiger charge is -2.08. The van der Waals surface area contributed by atoms with Crippen LogP contribution in [0, 0.1) is 5.82 Å². The predicted molar refractivity (Wildman–Crippen MR) is 52.2 cm³/mol. The molecule has 0 saturated heterocycles. The van der Waals surface area contributed by atoms with Crippen LogP contribution < -0.4 is 4.74 Å². The highest BCUT2D eigenvalue weighted by Crippen LogP contribution is 2.17. The molecule has 1 heterocycles. The number of rotatable bonds is 5. The molecule has 1 atom stereocenters. The summed E-state index contributed by atoms with van der Waals surface area (Å²) >= 11 is 0. The van der Waals surface area contributed by atoms with Crippen LogP contribution in [-0.2, 0) is 4.74 Å². The average Bonchev–Trinajstić information content (AvgIpc) is 2.20. The summed E-state index contributed by atoms with van der Waals surface area (Å²) in [5, 5.41) is 9.25.